The van der Waals surface area contributed by atoms with Gasteiger partial charge in [-0.05, 0) is 37.0 Å². The molecule has 2 unspecified atom stereocenters. The van der Waals surface area contributed by atoms with E-state index in [0.717, 1.165) is 48.4 Å². The number of thioether (sulfide) groups is 1. The van der Waals surface area contributed by atoms with Gasteiger partial charge in [0.05, 0.1) is 13.5 Å². The van der Waals surface area contributed by atoms with Crippen molar-refractivity contribution in [1.82, 2.24) is 0 Å². The van der Waals surface area contributed by atoms with Crippen molar-refractivity contribution in [3.05, 3.63) is 29.8 Å². The van der Waals surface area contributed by atoms with Crippen LogP contribution in [-0.2, 0) is 20.1 Å². The minimum absolute atomic E-state index is 0. The van der Waals surface area contributed by atoms with Crippen molar-refractivity contribution in [2.24, 2.45) is 11.7 Å². The number of benzene rings is 1. The Bertz CT molecular complexity index is 571. The normalized spacial score (nSPS) is 19.6. The number of hydrogen-bond acceptors (Lipinski definition) is 5. The van der Waals surface area contributed by atoms with E-state index < -0.39 is 0 Å². The predicted molar refractivity (Wildman–Crippen MR) is 105 cm³/mol. The van der Waals surface area contributed by atoms with E-state index in [0.29, 0.717) is 6.42 Å². The van der Waals surface area contributed by atoms with Gasteiger partial charge in [-0.25, -0.2) is 0 Å². The summed E-state index contributed by atoms with van der Waals surface area (Å²) in [5, 5.41) is 3.01. The molecule has 5 nitrogen and oxygen atoms in total. The molecule has 0 bridgehead atoms. The highest BCUT2D eigenvalue weighted by Crippen LogP contribution is 2.25. The summed E-state index contributed by atoms with van der Waals surface area (Å²) >= 11 is 1.68. The molecule has 1 aliphatic rings. The molecule has 0 aliphatic heterocycles. The van der Waals surface area contributed by atoms with E-state index in [9.17, 15) is 9.59 Å². The molecule has 3 N–H and O–H groups in total. The third-order valence-electron chi connectivity index (χ3n) is 4.23. The van der Waals surface area contributed by atoms with Gasteiger partial charge >= 0.3 is 5.97 Å². The molecule has 140 valence electrons. The van der Waals surface area contributed by atoms with Crippen LogP contribution >= 0.6 is 24.2 Å². The molecule has 0 saturated heterocycles. The van der Waals surface area contributed by atoms with E-state index in [1.807, 2.05) is 24.3 Å². The Balaban J connectivity index is 0.00000312. The highest BCUT2D eigenvalue weighted by atomic mass is 35.5. The predicted octanol–water partition coefficient (Wildman–Crippen LogP) is 3.36. The third kappa shape index (κ3) is 7.67. The number of halogens is 1. The van der Waals surface area contributed by atoms with E-state index in [-0.39, 0.29) is 36.2 Å². The van der Waals surface area contributed by atoms with Crippen molar-refractivity contribution in [2.75, 3.05) is 18.2 Å². The first-order valence-corrected chi connectivity index (χ1v) is 9.54. The summed E-state index contributed by atoms with van der Waals surface area (Å²) in [5.41, 5.74) is 7.92. The molecule has 2 rings (SSSR count). The minimum Gasteiger partial charge on any atom is -0.469 e. The van der Waals surface area contributed by atoms with Crippen molar-refractivity contribution in [3.63, 3.8) is 0 Å². The molecule has 1 saturated carbocycles. The highest BCUT2D eigenvalue weighted by molar-refractivity contribution is 7.98. The topological polar surface area (TPSA) is 81.4 Å². The van der Waals surface area contributed by atoms with E-state index in [4.69, 9.17) is 5.73 Å². The second-order valence-electron chi connectivity index (χ2n) is 6.19. The zero-order chi connectivity index (χ0) is 17.4. The van der Waals surface area contributed by atoms with Gasteiger partial charge in [0.1, 0.15) is 0 Å². The van der Waals surface area contributed by atoms with E-state index in [2.05, 4.69) is 10.1 Å². The quantitative estimate of drug-likeness (QED) is 0.554. The molecule has 1 amide bonds. The smallest absolute Gasteiger partial charge is 0.306 e. The van der Waals surface area contributed by atoms with Gasteiger partial charge in [0.2, 0.25) is 5.91 Å². The number of amides is 1. The zero-order valence-electron chi connectivity index (χ0n) is 14.5. The van der Waals surface area contributed by atoms with Gasteiger partial charge in [-0.3, -0.25) is 9.59 Å². The highest BCUT2D eigenvalue weighted by Gasteiger charge is 2.25. The van der Waals surface area contributed by atoms with Gasteiger partial charge < -0.3 is 15.8 Å². The van der Waals surface area contributed by atoms with Crippen molar-refractivity contribution in [1.29, 1.82) is 0 Å². The molecule has 1 aliphatic carbocycles. The number of esters is 1. The maximum Gasteiger partial charge on any atom is 0.306 e. The molecule has 1 aromatic rings. The lowest BCUT2D eigenvalue weighted by Crippen LogP contribution is -2.34. The lowest BCUT2D eigenvalue weighted by atomic mass is 9.85. The molecule has 2 atom stereocenters. The van der Waals surface area contributed by atoms with Gasteiger partial charge in [-0.1, -0.05) is 18.6 Å². The van der Waals surface area contributed by atoms with Crippen LogP contribution in [0.3, 0.4) is 0 Å². The molecule has 0 aromatic heterocycles. The third-order valence-corrected chi connectivity index (χ3v) is 5.26. The summed E-state index contributed by atoms with van der Waals surface area (Å²) < 4.78 is 4.62. The van der Waals surface area contributed by atoms with Crippen molar-refractivity contribution >= 4 is 41.7 Å². The largest absolute Gasteiger partial charge is 0.469 e. The number of rotatable bonds is 7. The fraction of sp³-hybridized carbons (Fsp3) is 0.556. The molecule has 7 heteroatoms. The maximum atomic E-state index is 12.4. The Hall–Kier alpha value is -1.24. The van der Waals surface area contributed by atoms with Crippen LogP contribution in [0.25, 0.3) is 0 Å². The van der Waals surface area contributed by atoms with Crippen LogP contribution in [0.2, 0.25) is 0 Å². The molecular weight excluding hydrogens is 360 g/mol. The fourth-order valence-electron chi connectivity index (χ4n) is 2.90. The summed E-state index contributed by atoms with van der Waals surface area (Å²) in [6.07, 6.45) is 4.15. The number of hydrogen-bond donors (Lipinski definition) is 2. The average molecular weight is 387 g/mol. The monoisotopic (exact) mass is 386 g/mol. The molecule has 1 aromatic carbocycles. The van der Waals surface area contributed by atoms with Crippen molar-refractivity contribution in [2.45, 2.75) is 43.9 Å². The Morgan fingerprint density at radius 2 is 2.16 bits per heavy atom. The molecule has 1 fully saturated rings. The molecule has 0 spiro atoms. The first kappa shape index (κ1) is 21.8. The van der Waals surface area contributed by atoms with Gasteiger partial charge in [0.25, 0.3) is 0 Å². The summed E-state index contributed by atoms with van der Waals surface area (Å²) in [6, 6.07) is 8.01. The Morgan fingerprint density at radius 3 is 2.88 bits per heavy atom. The molecular formula is C18H27ClN2O3S. The number of carbonyl (C=O) groups excluding carboxylic acids is 2. The summed E-state index contributed by atoms with van der Waals surface area (Å²) in [5.74, 6) is 1.43. The van der Waals surface area contributed by atoms with Crippen LogP contribution in [0.5, 0.6) is 0 Å². The minimum atomic E-state index is -0.186. The molecule has 0 radical (unpaired) electrons. The Labute approximate surface area is 159 Å². The van der Waals surface area contributed by atoms with Crippen LogP contribution in [0.4, 0.5) is 5.69 Å². The lowest BCUT2D eigenvalue weighted by molar-refractivity contribution is -0.140. The van der Waals surface area contributed by atoms with Crippen LogP contribution in [-0.4, -0.2) is 30.8 Å². The summed E-state index contributed by atoms with van der Waals surface area (Å²) in [7, 11) is 1.40. The fourth-order valence-corrected chi connectivity index (χ4v) is 3.77. The van der Waals surface area contributed by atoms with Crippen molar-refractivity contribution < 1.29 is 14.3 Å². The number of nitrogens with one attached hydrogen (secondary N) is 1. The van der Waals surface area contributed by atoms with Gasteiger partial charge in [-0.15, -0.1) is 12.4 Å². The number of anilines is 1. The van der Waals surface area contributed by atoms with E-state index >= 15 is 0 Å². The number of nitrogens with two attached hydrogens (primary N) is 1. The van der Waals surface area contributed by atoms with E-state index in [1.165, 1.54) is 7.11 Å². The van der Waals surface area contributed by atoms with Gasteiger partial charge in [0, 0.05) is 29.2 Å². The van der Waals surface area contributed by atoms with Crippen LogP contribution in [0, 0.1) is 5.92 Å². The summed E-state index contributed by atoms with van der Waals surface area (Å²) in [4.78, 5) is 23.4. The maximum absolute atomic E-state index is 12.4. The molecule has 0 heterocycles. The van der Waals surface area contributed by atoms with Crippen LogP contribution in [0.1, 0.15) is 37.7 Å². The number of carbonyl (C=O) groups is 2. The average Bonchev–Trinajstić information content (AvgIpc) is 2.59. The summed E-state index contributed by atoms with van der Waals surface area (Å²) in [6.45, 7) is 0. The van der Waals surface area contributed by atoms with Gasteiger partial charge in [0.15, 0.2) is 0 Å². The zero-order valence-corrected chi connectivity index (χ0v) is 16.2. The van der Waals surface area contributed by atoms with E-state index in [1.54, 1.807) is 11.8 Å². The Morgan fingerprint density at radius 1 is 1.36 bits per heavy atom. The Kier molecular flexibility index (Phi) is 9.93. The van der Waals surface area contributed by atoms with Gasteiger partial charge in [-0.2, -0.15) is 11.8 Å². The van der Waals surface area contributed by atoms with Crippen molar-refractivity contribution in [3.8, 4) is 0 Å². The number of ether oxygens (including phenoxy) is 1. The SMILES string of the molecule is COC(=O)CCSCc1cccc(NC(=O)C2CCCC(N)C2)c1.Cl. The standard InChI is InChI=1S/C18H26N2O3S.ClH/c1-23-17(21)8-9-24-12-13-4-2-7-16(10-13)20-18(22)14-5-3-6-15(19)11-14;/h2,4,7,10,14-15H,3,5-6,8-9,11-12,19H2,1H3,(H,20,22);1H. The molecule has 25 heavy (non-hydrogen) atoms. The second-order valence-corrected chi connectivity index (χ2v) is 7.30. The van der Waals surface area contributed by atoms with Crippen LogP contribution < -0.4 is 11.1 Å². The van der Waals surface area contributed by atoms with Crippen LogP contribution in [0.15, 0.2) is 24.3 Å². The lowest BCUT2D eigenvalue weighted by Gasteiger charge is -2.25. The first-order chi connectivity index (χ1) is 11.6. The first-order valence-electron chi connectivity index (χ1n) is 8.38. The number of methoxy groups -OCH3 is 1. The second kappa shape index (κ2) is 11.4.